The van der Waals surface area contributed by atoms with Crippen molar-refractivity contribution in [3.63, 3.8) is 0 Å². The molecule has 0 saturated carbocycles. The molecule has 4 heteroatoms. The van der Waals surface area contributed by atoms with Gasteiger partial charge in [0.1, 0.15) is 0 Å². The minimum Gasteiger partial charge on any atom is -0.262 e. The summed E-state index contributed by atoms with van der Waals surface area (Å²) in [5.74, 6) is 0.849. The van der Waals surface area contributed by atoms with E-state index < -0.39 is 0 Å². The third-order valence-corrected chi connectivity index (χ3v) is 3.89. The summed E-state index contributed by atoms with van der Waals surface area (Å²) in [5.41, 5.74) is 5.24. The molecule has 0 aliphatic rings. The van der Waals surface area contributed by atoms with Gasteiger partial charge in [-0.25, -0.2) is 0 Å². The summed E-state index contributed by atoms with van der Waals surface area (Å²) in [6, 6.07) is 20.3. The van der Waals surface area contributed by atoms with E-state index >= 15 is 0 Å². The predicted molar refractivity (Wildman–Crippen MR) is 97.4 cm³/mol. The average Bonchev–Trinajstić information content (AvgIpc) is 2.54. The number of thiocarbonyl (C=S) groups is 1. The zero-order valence-corrected chi connectivity index (χ0v) is 13.1. The minimum absolute atomic E-state index is 0.670. The average molecular weight is 312 g/mol. The molecule has 0 spiro atoms. The maximum atomic E-state index is 5.21. The molecule has 0 radical (unpaired) electrons. The Bertz CT molecular complexity index is 607. The number of thioether (sulfide) groups is 1. The molecule has 2 rings (SSSR count). The van der Waals surface area contributed by atoms with Crippen LogP contribution in [0.1, 0.15) is 11.1 Å². The molecule has 0 aliphatic heterocycles. The second-order valence-electron chi connectivity index (χ2n) is 4.22. The standard InChI is InChI=1S/C17H16N2S2/c20-17(21-14-16-10-5-2-6-11-16)19-18-13-7-12-15-8-3-1-4-9-15/h1-13H,14H2,(H,19,20)/b12-7+,18-13+. The van der Waals surface area contributed by atoms with Crippen molar-refractivity contribution in [2.75, 3.05) is 0 Å². The quantitative estimate of drug-likeness (QED) is 0.500. The van der Waals surface area contributed by atoms with Gasteiger partial charge in [0, 0.05) is 12.0 Å². The molecule has 106 valence electrons. The highest BCUT2D eigenvalue weighted by Crippen LogP contribution is 2.12. The molecule has 2 aromatic rings. The van der Waals surface area contributed by atoms with Crippen molar-refractivity contribution in [2.45, 2.75) is 5.75 Å². The van der Waals surface area contributed by atoms with Crippen molar-refractivity contribution in [3.05, 3.63) is 77.9 Å². The zero-order chi connectivity index (χ0) is 14.8. The van der Waals surface area contributed by atoms with Gasteiger partial charge in [-0.05, 0) is 17.2 Å². The van der Waals surface area contributed by atoms with Crippen LogP contribution in [0.5, 0.6) is 0 Å². The van der Waals surface area contributed by atoms with E-state index in [2.05, 4.69) is 22.7 Å². The number of hydrogen-bond donors (Lipinski definition) is 1. The second-order valence-corrected chi connectivity index (χ2v) is 5.87. The lowest BCUT2D eigenvalue weighted by molar-refractivity contribution is 1.07. The van der Waals surface area contributed by atoms with Crippen LogP contribution in [0.25, 0.3) is 6.08 Å². The molecule has 0 aliphatic carbocycles. The third-order valence-electron chi connectivity index (χ3n) is 2.62. The van der Waals surface area contributed by atoms with E-state index in [4.69, 9.17) is 12.2 Å². The first-order valence-corrected chi connectivity index (χ1v) is 7.95. The number of nitrogens with zero attached hydrogens (tertiary/aromatic N) is 1. The van der Waals surface area contributed by atoms with E-state index in [0.717, 1.165) is 11.3 Å². The van der Waals surface area contributed by atoms with E-state index in [9.17, 15) is 0 Å². The molecule has 0 unspecified atom stereocenters. The molecule has 2 nitrogen and oxygen atoms in total. The molecule has 0 atom stereocenters. The highest BCUT2D eigenvalue weighted by molar-refractivity contribution is 8.22. The molecule has 2 aromatic carbocycles. The first-order valence-electron chi connectivity index (χ1n) is 6.56. The van der Waals surface area contributed by atoms with Crippen LogP contribution in [0.3, 0.4) is 0 Å². The van der Waals surface area contributed by atoms with Gasteiger partial charge in [0.2, 0.25) is 0 Å². The van der Waals surface area contributed by atoms with Gasteiger partial charge in [0.15, 0.2) is 4.32 Å². The molecule has 0 bridgehead atoms. The monoisotopic (exact) mass is 312 g/mol. The van der Waals surface area contributed by atoms with Crippen molar-refractivity contribution in [3.8, 4) is 0 Å². The second kappa shape index (κ2) is 9.10. The Kier molecular flexibility index (Phi) is 6.71. The number of rotatable bonds is 5. The van der Waals surface area contributed by atoms with E-state index in [1.165, 1.54) is 5.56 Å². The fourth-order valence-electron chi connectivity index (χ4n) is 1.61. The first-order chi connectivity index (χ1) is 10.3. The molecule has 1 N–H and O–H groups in total. The topological polar surface area (TPSA) is 24.4 Å². The summed E-state index contributed by atoms with van der Waals surface area (Å²) in [6.07, 6.45) is 5.57. The van der Waals surface area contributed by atoms with Crippen molar-refractivity contribution in [2.24, 2.45) is 5.10 Å². The lowest BCUT2D eigenvalue weighted by Gasteiger charge is -2.02. The van der Waals surface area contributed by atoms with Gasteiger partial charge in [-0.1, -0.05) is 90.7 Å². The van der Waals surface area contributed by atoms with Crippen LogP contribution >= 0.6 is 24.0 Å². The van der Waals surface area contributed by atoms with Crippen molar-refractivity contribution in [1.82, 2.24) is 5.43 Å². The summed E-state index contributed by atoms with van der Waals surface area (Å²) in [7, 11) is 0. The minimum atomic E-state index is 0.670. The van der Waals surface area contributed by atoms with Crippen molar-refractivity contribution >= 4 is 40.6 Å². The van der Waals surface area contributed by atoms with E-state index in [0.29, 0.717) is 4.32 Å². The van der Waals surface area contributed by atoms with E-state index in [1.54, 1.807) is 18.0 Å². The lowest BCUT2D eigenvalue weighted by atomic mass is 10.2. The van der Waals surface area contributed by atoms with Gasteiger partial charge in [-0.2, -0.15) is 5.10 Å². The van der Waals surface area contributed by atoms with E-state index in [-0.39, 0.29) is 0 Å². The van der Waals surface area contributed by atoms with Gasteiger partial charge < -0.3 is 0 Å². The van der Waals surface area contributed by atoms with Gasteiger partial charge >= 0.3 is 0 Å². The molecule has 0 aromatic heterocycles. The fourth-order valence-corrected chi connectivity index (χ4v) is 2.44. The van der Waals surface area contributed by atoms with Gasteiger partial charge in [0.05, 0.1) is 0 Å². The summed E-state index contributed by atoms with van der Waals surface area (Å²) in [5, 5.41) is 4.07. The van der Waals surface area contributed by atoms with Crippen molar-refractivity contribution in [1.29, 1.82) is 0 Å². The van der Waals surface area contributed by atoms with Crippen LogP contribution < -0.4 is 5.43 Å². The Balaban J connectivity index is 1.69. The molecule has 0 amide bonds. The number of nitrogens with one attached hydrogen (secondary N) is 1. The molecular formula is C17H16N2S2. The Morgan fingerprint density at radius 1 is 1.05 bits per heavy atom. The van der Waals surface area contributed by atoms with Gasteiger partial charge in [-0.3, -0.25) is 5.43 Å². The Morgan fingerprint density at radius 2 is 1.71 bits per heavy atom. The molecule has 0 heterocycles. The molecular weight excluding hydrogens is 296 g/mol. The molecule has 0 saturated heterocycles. The third kappa shape index (κ3) is 6.38. The van der Waals surface area contributed by atoms with Crippen LogP contribution in [0.4, 0.5) is 0 Å². The zero-order valence-electron chi connectivity index (χ0n) is 11.5. The smallest absolute Gasteiger partial charge is 0.154 e. The van der Waals surface area contributed by atoms with Crippen LogP contribution in [0.15, 0.2) is 71.8 Å². The Hall–Kier alpha value is -1.91. The van der Waals surface area contributed by atoms with Gasteiger partial charge in [0.25, 0.3) is 0 Å². The molecule has 0 fully saturated rings. The normalized spacial score (nSPS) is 11.0. The number of hydrogen-bond acceptors (Lipinski definition) is 3. The predicted octanol–water partition coefficient (Wildman–Crippen LogP) is 4.49. The maximum absolute atomic E-state index is 5.21. The van der Waals surface area contributed by atoms with E-state index in [1.807, 2.05) is 60.7 Å². The Morgan fingerprint density at radius 3 is 2.43 bits per heavy atom. The van der Waals surface area contributed by atoms with Crippen LogP contribution in [-0.4, -0.2) is 10.5 Å². The van der Waals surface area contributed by atoms with Crippen LogP contribution in [0, 0.1) is 0 Å². The molecule has 21 heavy (non-hydrogen) atoms. The highest BCUT2D eigenvalue weighted by atomic mass is 32.2. The van der Waals surface area contributed by atoms with Gasteiger partial charge in [-0.15, -0.1) is 0 Å². The summed E-state index contributed by atoms with van der Waals surface area (Å²) in [4.78, 5) is 0. The largest absolute Gasteiger partial charge is 0.262 e. The summed E-state index contributed by atoms with van der Waals surface area (Å²) >= 11 is 6.78. The first kappa shape index (κ1) is 15.5. The SMILES string of the molecule is S=C(N/N=C/C=C/c1ccccc1)SCc1ccccc1. The number of hydrazone groups is 1. The number of benzene rings is 2. The lowest BCUT2D eigenvalue weighted by Crippen LogP contribution is -2.10. The van der Waals surface area contributed by atoms with Crippen LogP contribution in [0.2, 0.25) is 0 Å². The maximum Gasteiger partial charge on any atom is 0.154 e. The Labute approximate surface area is 135 Å². The summed E-state index contributed by atoms with van der Waals surface area (Å²) < 4.78 is 0.670. The van der Waals surface area contributed by atoms with Crippen LogP contribution in [-0.2, 0) is 5.75 Å². The number of allylic oxidation sites excluding steroid dienone is 1. The highest BCUT2D eigenvalue weighted by Gasteiger charge is 1.96. The summed E-state index contributed by atoms with van der Waals surface area (Å²) in [6.45, 7) is 0. The fraction of sp³-hybridized carbons (Fsp3) is 0.0588. The van der Waals surface area contributed by atoms with Crippen molar-refractivity contribution < 1.29 is 0 Å².